The Morgan fingerprint density at radius 2 is 1.83 bits per heavy atom. The molecule has 0 saturated heterocycles. The van der Waals surface area contributed by atoms with Crippen LogP contribution >= 0.6 is 0 Å². The molecule has 2 aromatic carbocycles. The minimum atomic E-state index is -4.00. The first-order chi connectivity index (χ1) is 16.8. The molecular formula is C23H24N6O5S. The second kappa shape index (κ2) is 9.97. The molecule has 2 aromatic heterocycles. The highest BCUT2D eigenvalue weighted by Crippen LogP contribution is 2.30. The fraction of sp³-hybridized carbons (Fsp3) is 0.217. The van der Waals surface area contributed by atoms with Gasteiger partial charge in [-0.1, -0.05) is 24.3 Å². The van der Waals surface area contributed by atoms with Gasteiger partial charge < -0.3 is 5.32 Å². The SMILES string of the molecule is CCN(c1ccccc1)S(=O)(=O)c1ccc(NCCCn2nc3ccccn3c2=O)c([N+](=O)[O-])c1. The number of rotatable bonds is 10. The Morgan fingerprint density at radius 1 is 1.09 bits per heavy atom. The summed E-state index contributed by atoms with van der Waals surface area (Å²) in [5, 5.41) is 18.9. The number of nitro groups is 1. The summed E-state index contributed by atoms with van der Waals surface area (Å²) in [4.78, 5) is 23.3. The molecule has 0 bridgehead atoms. The predicted molar refractivity (Wildman–Crippen MR) is 132 cm³/mol. The third-order valence-corrected chi connectivity index (χ3v) is 7.33. The number of hydrogen-bond donors (Lipinski definition) is 1. The van der Waals surface area contributed by atoms with Crippen LogP contribution in [0, 0.1) is 10.1 Å². The van der Waals surface area contributed by atoms with Crippen LogP contribution in [0.1, 0.15) is 13.3 Å². The van der Waals surface area contributed by atoms with Crippen LogP contribution in [0.5, 0.6) is 0 Å². The standard InChI is InChI=1S/C23H24N6O5S/c1-2-28(18-9-4-3-5-10-18)35(33,34)19-12-13-20(21(17-19)29(31)32)24-14-8-16-27-23(30)26-15-7-6-11-22(26)25-27/h3-7,9-13,15,17,24H,2,8,14,16H2,1H3. The molecule has 2 heterocycles. The highest BCUT2D eigenvalue weighted by atomic mass is 32.2. The summed E-state index contributed by atoms with van der Waals surface area (Å²) in [6.45, 7) is 2.50. The van der Waals surface area contributed by atoms with Crippen LogP contribution in [-0.2, 0) is 16.6 Å². The van der Waals surface area contributed by atoms with E-state index in [4.69, 9.17) is 0 Å². The Balaban J connectivity index is 1.49. The van der Waals surface area contributed by atoms with E-state index in [1.54, 1.807) is 61.7 Å². The number of pyridine rings is 1. The molecular weight excluding hydrogens is 472 g/mol. The molecule has 0 aliphatic heterocycles. The molecule has 0 radical (unpaired) electrons. The first-order valence-electron chi connectivity index (χ1n) is 11.0. The van der Waals surface area contributed by atoms with Gasteiger partial charge in [0.25, 0.3) is 15.7 Å². The van der Waals surface area contributed by atoms with E-state index in [1.807, 2.05) is 0 Å². The van der Waals surface area contributed by atoms with Crippen LogP contribution < -0.4 is 15.3 Å². The zero-order valence-corrected chi connectivity index (χ0v) is 19.8. The van der Waals surface area contributed by atoms with Crippen molar-refractivity contribution in [3.8, 4) is 0 Å². The number of anilines is 2. The third kappa shape index (κ3) is 4.87. The largest absolute Gasteiger partial charge is 0.379 e. The lowest BCUT2D eigenvalue weighted by Gasteiger charge is -2.23. The van der Waals surface area contributed by atoms with Crippen LogP contribution in [0.3, 0.4) is 0 Å². The quantitative estimate of drug-likeness (QED) is 0.203. The van der Waals surface area contributed by atoms with Gasteiger partial charge in [-0.25, -0.2) is 17.9 Å². The average Bonchev–Trinajstić information content (AvgIpc) is 3.18. The summed E-state index contributed by atoms with van der Waals surface area (Å²) in [6.07, 6.45) is 2.11. The summed E-state index contributed by atoms with van der Waals surface area (Å²) in [5.41, 5.74) is 0.593. The number of para-hydroxylation sites is 1. The Morgan fingerprint density at radius 3 is 2.51 bits per heavy atom. The van der Waals surface area contributed by atoms with Gasteiger partial charge in [-0.05, 0) is 49.7 Å². The van der Waals surface area contributed by atoms with Crippen molar-refractivity contribution in [2.75, 3.05) is 22.7 Å². The zero-order valence-electron chi connectivity index (χ0n) is 18.9. The van der Waals surface area contributed by atoms with Gasteiger partial charge in [-0.2, -0.15) is 0 Å². The second-order valence-corrected chi connectivity index (χ2v) is 9.52. The summed E-state index contributed by atoms with van der Waals surface area (Å²) in [6, 6.07) is 17.6. The molecule has 0 atom stereocenters. The maximum atomic E-state index is 13.2. The average molecular weight is 497 g/mol. The smallest absolute Gasteiger partial charge is 0.350 e. The molecule has 0 aliphatic rings. The fourth-order valence-corrected chi connectivity index (χ4v) is 5.25. The molecule has 182 valence electrons. The molecule has 11 nitrogen and oxygen atoms in total. The first-order valence-corrected chi connectivity index (χ1v) is 12.4. The first kappa shape index (κ1) is 24.0. The van der Waals surface area contributed by atoms with Crippen LogP contribution in [0.15, 0.2) is 82.6 Å². The number of nitrogens with zero attached hydrogens (tertiary/aromatic N) is 5. The topological polar surface area (TPSA) is 132 Å². The Labute approximate surface area is 201 Å². The van der Waals surface area contributed by atoms with Crippen molar-refractivity contribution < 1.29 is 13.3 Å². The number of aromatic nitrogens is 3. The fourth-order valence-electron chi connectivity index (χ4n) is 3.75. The monoisotopic (exact) mass is 496 g/mol. The molecule has 1 N–H and O–H groups in total. The van der Waals surface area contributed by atoms with Crippen LogP contribution in [0.4, 0.5) is 17.1 Å². The molecule has 12 heteroatoms. The Kier molecular flexibility index (Phi) is 6.82. The van der Waals surface area contributed by atoms with Crippen molar-refractivity contribution in [3.05, 3.63) is 93.5 Å². The summed E-state index contributed by atoms with van der Waals surface area (Å²) >= 11 is 0. The van der Waals surface area contributed by atoms with Crippen LogP contribution in [0.25, 0.3) is 5.65 Å². The number of fused-ring (bicyclic) bond motifs is 1. The van der Waals surface area contributed by atoms with Crippen molar-refractivity contribution in [2.24, 2.45) is 0 Å². The van der Waals surface area contributed by atoms with Crippen molar-refractivity contribution in [1.29, 1.82) is 0 Å². The van der Waals surface area contributed by atoms with E-state index in [2.05, 4.69) is 10.4 Å². The highest BCUT2D eigenvalue weighted by Gasteiger charge is 2.27. The number of hydrogen-bond acceptors (Lipinski definition) is 7. The van der Waals surface area contributed by atoms with Gasteiger partial charge >= 0.3 is 5.69 Å². The second-order valence-electron chi connectivity index (χ2n) is 7.66. The van der Waals surface area contributed by atoms with Crippen molar-refractivity contribution in [2.45, 2.75) is 24.8 Å². The summed E-state index contributed by atoms with van der Waals surface area (Å²) in [7, 11) is -4.00. The number of nitrogens with one attached hydrogen (secondary N) is 1. The summed E-state index contributed by atoms with van der Waals surface area (Å²) < 4.78 is 30.4. The van der Waals surface area contributed by atoms with Gasteiger partial charge in [-0.3, -0.25) is 18.8 Å². The van der Waals surface area contributed by atoms with Gasteiger partial charge in [0.05, 0.1) is 15.5 Å². The molecule has 0 aliphatic carbocycles. The molecule has 0 fully saturated rings. The van der Waals surface area contributed by atoms with Crippen molar-refractivity contribution in [1.82, 2.24) is 14.2 Å². The van der Waals surface area contributed by atoms with E-state index >= 15 is 0 Å². The van der Waals surface area contributed by atoms with E-state index < -0.39 is 14.9 Å². The van der Waals surface area contributed by atoms with Gasteiger partial charge in [0.15, 0.2) is 5.65 Å². The predicted octanol–water partition coefficient (Wildman–Crippen LogP) is 3.12. The maximum absolute atomic E-state index is 13.2. The van der Waals surface area contributed by atoms with Crippen LogP contribution in [0.2, 0.25) is 0 Å². The van der Waals surface area contributed by atoms with Gasteiger partial charge in [0.1, 0.15) is 5.69 Å². The van der Waals surface area contributed by atoms with E-state index in [0.717, 1.165) is 6.07 Å². The minimum absolute atomic E-state index is 0.169. The van der Waals surface area contributed by atoms with Crippen molar-refractivity contribution in [3.63, 3.8) is 0 Å². The highest BCUT2D eigenvalue weighted by molar-refractivity contribution is 7.92. The number of aryl methyl sites for hydroxylation is 1. The summed E-state index contributed by atoms with van der Waals surface area (Å²) in [5.74, 6) is 0. The zero-order chi connectivity index (χ0) is 25.0. The number of nitro benzene ring substituents is 1. The molecule has 4 aromatic rings. The van der Waals surface area contributed by atoms with Gasteiger partial charge in [0.2, 0.25) is 0 Å². The normalized spacial score (nSPS) is 11.5. The van der Waals surface area contributed by atoms with E-state index in [-0.39, 0.29) is 28.5 Å². The number of sulfonamides is 1. The lowest BCUT2D eigenvalue weighted by Crippen LogP contribution is -2.30. The lowest BCUT2D eigenvalue weighted by molar-refractivity contribution is -0.384. The van der Waals surface area contributed by atoms with E-state index in [0.29, 0.717) is 30.8 Å². The van der Waals surface area contributed by atoms with Gasteiger partial charge in [0, 0.05) is 31.9 Å². The molecule has 0 spiro atoms. The number of benzene rings is 2. The lowest BCUT2D eigenvalue weighted by atomic mass is 10.2. The molecule has 0 saturated carbocycles. The molecule has 4 rings (SSSR count). The molecule has 0 amide bonds. The third-order valence-electron chi connectivity index (χ3n) is 5.44. The van der Waals surface area contributed by atoms with Crippen molar-refractivity contribution >= 4 is 32.7 Å². The van der Waals surface area contributed by atoms with Gasteiger partial charge in [-0.15, -0.1) is 5.10 Å². The maximum Gasteiger partial charge on any atom is 0.350 e. The Bertz CT molecular complexity index is 1510. The molecule has 35 heavy (non-hydrogen) atoms. The minimum Gasteiger partial charge on any atom is -0.379 e. The molecule has 0 unspecified atom stereocenters. The van der Waals surface area contributed by atoms with Crippen LogP contribution in [-0.4, -0.2) is 40.6 Å². The van der Waals surface area contributed by atoms with E-state index in [1.165, 1.54) is 25.5 Å². The Hall–Kier alpha value is -4.19. The van der Waals surface area contributed by atoms with E-state index in [9.17, 15) is 23.3 Å².